The van der Waals surface area contributed by atoms with Crippen LogP contribution in [0, 0.1) is 0 Å². The lowest BCUT2D eigenvalue weighted by atomic mass is 10.1. The van der Waals surface area contributed by atoms with Crippen molar-refractivity contribution in [1.29, 1.82) is 0 Å². The molecule has 346 valence electrons. The molecule has 0 fully saturated rings. The number of carboxylic acids is 2. The van der Waals surface area contributed by atoms with Gasteiger partial charge in [0.25, 0.3) is 0 Å². The summed E-state index contributed by atoms with van der Waals surface area (Å²) in [7, 11) is -4.85. The van der Waals surface area contributed by atoms with Gasteiger partial charge >= 0.3 is 31.7 Å². The van der Waals surface area contributed by atoms with Crippen molar-refractivity contribution in [3.63, 3.8) is 0 Å². The van der Waals surface area contributed by atoms with Gasteiger partial charge in [0.05, 0.1) is 19.3 Å². The van der Waals surface area contributed by atoms with Crippen molar-refractivity contribution < 1.29 is 62.5 Å². The molecule has 0 saturated heterocycles. The topological polar surface area (TPSA) is 255 Å². The molecule has 0 saturated carbocycles. The summed E-state index contributed by atoms with van der Waals surface area (Å²) in [5, 5.41) is 28.3. The number of hydrogen-bond donors (Lipinski definition) is 6. The van der Waals surface area contributed by atoms with Crippen LogP contribution in [0.2, 0.25) is 0 Å². The Labute approximate surface area is 362 Å². The van der Waals surface area contributed by atoms with Gasteiger partial charge in [0, 0.05) is 23.8 Å². The highest BCUT2D eigenvalue weighted by Gasteiger charge is 2.29. The van der Waals surface area contributed by atoms with E-state index in [1.54, 1.807) is 18.2 Å². The first-order valence-electron chi connectivity index (χ1n) is 21.6. The highest BCUT2D eigenvalue weighted by molar-refractivity contribution is 8.00. The highest BCUT2D eigenvalue weighted by atomic mass is 32.2. The molecule has 8 N–H and O–H groups in total. The van der Waals surface area contributed by atoms with Crippen molar-refractivity contribution in [3.05, 3.63) is 48.6 Å². The Balaban J connectivity index is 5.32. The summed E-state index contributed by atoms with van der Waals surface area (Å²) in [6, 6.07) is -2.78. The summed E-state index contributed by atoms with van der Waals surface area (Å²) in [6.45, 7) is 2.23. The van der Waals surface area contributed by atoms with E-state index in [9.17, 15) is 33.7 Å². The fourth-order valence-electron chi connectivity index (χ4n) is 5.51. The summed E-state index contributed by atoms with van der Waals surface area (Å²) in [5.74, 6) is -3.95. The molecule has 0 aromatic carbocycles. The smallest absolute Gasteiger partial charge is 0.472 e. The number of phosphoric ester groups is 1. The van der Waals surface area contributed by atoms with Crippen molar-refractivity contribution in [3.8, 4) is 0 Å². The minimum Gasteiger partial charge on any atom is -0.481 e. The number of carbonyl (C=O) groups excluding carboxylic acids is 2. The Bertz CT molecular complexity index is 1330. The SMILES string of the molecule is CCCCC/C=C\C\C=C/C=C/C=C/[C@@H](SC[C@H](N)C(=O)OC[C@H](COP(=O)(O)OC[C@H](N)C(=O)O)OC(=O)CCCCCCCCCCCCC)[C@@H](O)CCCC(=O)O. The molecule has 15 nitrogen and oxygen atoms in total. The van der Waals surface area contributed by atoms with E-state index in [0.29, 0.717) is 6.42 Å². The lowest BCUT2D eigenvalue weighted by Crippen LogP contribution is -2.38. The van der Waals surface area contributed by atoms with Crippen LogP contribution in [-0.4, -0.2) is 99.2 Å². The summed E-state index contributed by atoms with van der Waals surface area (Å²) in [4.78, 5) is 57.7. The average Bonchev–Trinajstić information content (AvgIpc) is 3.20. The fraction of sp³-hybridized carbons (Fsp3) is 0.721. The molecule has 17 heteroatoms. The standard InChI is InChI=1S/C43H75N2O13PS/c1-3-5-7-9-11-13-15-17-18-20-22-24-28-39(38(46)27-26-29-40(47)48)60-34-37(45)43(52)55-31-35(32-56-59(53,54)57-33-36(44)42(50)51)58-41(49)30-25-23-21-19-16-14-12-10-8-6-4-2/h11,13,17-18,20,22,24,28,35-39,46H,3-10,12,14-16,19,21,23,25-27,29-34,44-45H2,1-2H3,(H,47,48)(H,50,51)(H,53,54)/b13-11-,18-17-,22-20+,28-24+/t35-,36+,37+,38+,39-/m1/s1. The van der Waals surface area contributed by atoms with Crippen LogP contribution in [0.4, 0.5) is 0 Å². The molecule has 0 rings (SSSR count). The van der Waals surface area contributed by atoms with Gasteiger partial charge in [0.1, 0.15) is 18.7 Å². The Morgan fingerprint density at radius 2 is 1.30 bits per heavy atom. The lowest BCUT2D eigenvalue weighted by Gasteiger charge is -2.22. The zero-order valence-electron chi connectivity index (χ0n) is 35.9. The number of aliphatic carboxylic acids is 2. The third kappa shape index (κ3) is 34.8. The van der Waals surface area contributed by atoms with E-state index in [-0.39, 0.29) is 31.4 Å². The Kier molecular flexibility index (Phi) is 36.1. The molecule has 6 atom stereocenters. The molecule has 0 amide bonds. The Morgan fingerprint density at radius 3 is 1.93 bits per heavy atom. The first-order chi connectivity index (χ1) is 28.7. The molecule has 0 aromatic heterocycles. The van der Waals surface area contributed by atoms with Crippen molar-refractivity contribution in [2.24, 2.45) is 11.5 Å². The number of unbranched alkanes of at least 4 members (excludes halogenated alkanes) is 13. The van der Waals surface area contributed by atoms with Crippen LogP contribution in [0.3, 0.4) is 0 Å². The molecule has 0 heterocycles. The molecule has 60 heavy (non-hydrogen) atoms. The summed E-state index contributed by atoms with van der Waals surface area (Å²) in [6.07, 6.45) is 31.0. The minimum absolute atomic E-state index is 0.00135. The van der Waals surface area contributed by atoms with Crippen molar-refractivity contribution in [2.45, 2.75) is 172 Å². The molecule has 0 aliphatic rings. The van der Waals surface area contributed by atoms with Gasteiger partial charge in [-0.15, -0.1) is 11.8 Å². The van der Waals surface area contributed by atoms with E-state index >= 15 is 0 Å². The van der Waals surface area contributed by atoms with E-state index in [4.69, 9.17) is 35.7 Å². The zero-order valence-corrected chi connectivity index (χ0v) is 37.7. The van der Waals surface area contributed by atoms with E-state index < -0.39 is 81.1 Å². The number of phosphoric acid groups is 1. The van der Waals surface area contributed by atoms with Crippen LogP contribution in [-0.2, 0) is 42.3 Å². The molecule has 0 bridgehead atoms. The largest absolute Gasteiger partial charge is 0.481 e. The predicted molar refractivity (Wildman–Crippen MR) is 236 cm³/mol. The number of aliphatic hydroxyl groups is 1. The van der Waals surface area contributed by atoms with Gasteiger partial charge in [-0.3, -0.25) is 28.2 Å². The number of aliphatic hydroxyl groups excluding tert-OH is 1. The number of ether oxygens (including phenoxy) is 2. The number of thioether (sulfide) groups is 1. The number of carbonyl (C=O) groups is 4. The molecule has 0 aliphatic heterocycles. The number of nitrogens with two attached hydrogens (primary N) is 2. The van der Waals surface area contributed by atoms with Crippen LogP contribution in [0.5, 0.6) is 0 Å². The van der Waals surface area contributed by atoms with Gasteiger partial charge in [0.15, 0.2) is 6.10 Å². The third-order valence-electron chi connectivity index (χ3n) is 9.08. The minimum atomic E-state index is -4.85. The van der Waals surface area contributed by atoms with Gasteiger partial charge in [0.2, 0.25) is 0 Å². The second-order valence-electron chi connectivity index (χ2n) is 14.7. The Hall–Kier alpha value is -2.82. The van der Waals surface area contributed by atoms with Crippen LogP contribution < -0.4 is 11.5 Å². The monoisotopic (exact) mass is 890 g/mol. The lowest BCUT2D eigenvalue weighted by molar-refractivity contribution is -0.161. The van der Waals surface area contributed by atoms with Crippen LogP contribution >= 0.6 is 19.6 Å². The Morgan fingerprint density at radius 1 is 0.700 bits per heavy atom. The zero-order chi connectivity index (χ0) is 44.9. The summed E-state index contributed by atoms with van der Waals surface area (Å²) in [5.41, 5.74) is 11.5. The summed E-state index contributed by atoms with van der Waals surface area (Å²) < 4.78 is 32.7. The summed E-state index contributed by atoms with van der Waals surface area (Å²) >= 11 is 1.18. The first kappa shape index (κ1) is 57.2. The highest BCUT2D eigenvalue weighted by Crippen LogP contribution is 2.43. The van der Waals surface area contributed by atoms with Crippen LogP contribution in [0.25, 0.3) is 0 Å². The van der Waals surface area contributed by atoms with Crippen molar-refractivity contribution in [2.75, 3.05) is 25.6 Å². The fourth-order valence-corrected chi connectivity index (χ4v) is 7.41. The van der Waals surface area contributed by atoms with E-state index in [1.165, 1.54) is 69.5 Å². The molecular weight excluding hydrogens is 816 g/mol. The second kappa shape index (κ2) is 37.9. The van der Waals surface area contributed by atoms with Crippen LogP contribution in [0.1, 0.15) is 142 Å². The number of rotatable bonds is 40. The predicted octanol–water partition coefficient (Wildman–Crippen LogP) is 7.93. The maximum absolute atomic E-state index is 13.0. The average molecular weight is 891 g/mol. The quantitative estimate of drug-likeness (QED) is 0.0112. The number of hydrogen-bond acceptors (Lipinski definition) is 13. The van der Waals surface area contributed by atoms with E-state index in [2.05, 4.69) is 30.5 Å². The molecule has 1 unspecified atom stereocenters. The molecular formula is C43H75N2O13PS. The van der Waals surface area contributed by atoms with Crippen LogP contribution in [0.15, 0.2) is 48.6 Å². The van der Waals surface area contributed by atoms with Crippen molar-refractivity contribution in [1.82, 2.24) is 0 Å². The first-order valence-corrected chi connectivity index (χ1v) is 24.1. The van der Waals surface area contributed by atoms with Gasteiger partial charge < -0.3 is 41.2 Å². The molecule has 0 aromatic rings. The molecule has 0 spiro atoms. The normalized spacial score (nSPS) is 15.6. The van der Waals surface area contributed by atoms with Gasteiger partial charge in [-0.05, 0) is 38.5 Å². The second-order valence-corrected chi connectivity index (χ2v) is 17.4. The maximum Gasteiger partial charge on any atom is 0.472 e. The van der Waals surface area contributed by atoms with Gasteiger partial charge in [-0.1, -0.05) is 140 Å². The van der Waals surface area contributed by atoms with E-state index in [0.717, 1.165) is 38.5 Å². The molecule has 0 radical (unpaired) electrons. The number of carboxylic acid groups (broad SMARTS) is 2. The number of allylic oxidation sites excluding steroid dienone is 7. The van der Waals surface area contributed by atoms with Crippen molar-refractivity contribution >= 4 is 43.5 Å². The third-order valence-corrected chi connectivity index (χ3v) is 11.4. The van der Waals surface area contributed by atoms with E-state index in [1.807, 2.05) is 18.2 Å². The van der Waals surface area contributed by atoms with Gasteiger partial charge in [-0.25, -0.2) is 4.57 Å². The number of esters is 2. The molecule has 0 aliphatic carbocycles. The maximum atomic E-state index is 13.0. The van der Waals surface area contributed by atoms with Gasteiger partial charge in [-0.2, -0.15) is 0 Å².